The van der Waals surface area contributed by atoms with Crippen LogP contribution < -0.4 is 16.5 Å². The highest BCUT2D eigenvalue weighted by Gasteiger charge is 2.45. The number of nitrogens with two attached hydrogens (primary N) is 2. The lowest BCUT2D eigenvalue weighted by atomic mass is 10.0. The predicted octanol–water partition coefficient (Wildman–Crippen LogP) is 3.12. The molecule has 226 valence electrons. The molecule has 44 heavy (non-hydrogen) atoms. The van der Waals surface area contributed by atoms with Gasteiger partial charge in [-0.15, -0.1) is 5.10 Å². The number of benzene rings is 2. The molecule has 0 radical (unpaired) electrons. The van der Waals surface area contributed by atoms with Crippen molar-refractivity contribution in [3.8, 4) is 11.5 Å². The minimum atomic E-state index is -0.257. The van der Waals surface area contributed by atoms with Gasteiger partial charge in [-0.05, 0) is 55.2 Å². The summed E-state index contributed by atoms with van der Waals surface area (Å²) in [5.74, 6) is 6.63. The first-order chi connectivity index (χ1) is 21.4. The molecule has 4 aromatic rings. The summed E-state index contributed by atoms with van der Waals surface area (Å²) in [6.07, 6.45) is 4.83. The lowest BCUT2D eigenvalue weighted by molar-refractivity contribution is -0.117. The van der Waals surface area contributed by atoms with Crippen LogP contribution in [0.2, 0.25) is 0 Å². The fourth-order valence-electron chi connectivity index (χ4n) is 6.86. The minimum absolute atomic E-state index is 0.0115. The van der Waals surface area contributed by atoms with Crippen LogP contribution in [0.25, 0.3) is 22.6 Å². The first-order valence-corrected chi connectivity index (χ1v) is 15.0. The van der Waals surface area contributed by atoms with E-state index in [2.05, 4.69) is 15.0 Å². The number of amidine groups is 1. The second-order valence-corrected chi connectivity index (χ2v) is 11.7. The zero-order valence-electron chi connectivity index (χ0n) is 24.5. The van der Waals surface area contributed by atoms with Crippen molar-refractivity contribution >= 4 is 34.4 Å². The zero-order valence-corrected chi connectivity index (χ0v) is 24.5. The van der Waals surface area contributed by atoms with Gasteiger partial charge < -0.3 is 20.0 Å². The molecule has 2 amide bonds. The molecule has 3 unspecified atom stereocenters. The quantitative estimate of drug-likeness (QED) is 0.143. The molecule has 3 saturated heterocycles. The highest BCUT2D eigenvalue weighted by molar-refractivity contribution is 5.97. The minimum Gasteiger partial charge on any atom is -0.436 e. The van der Waals surface area contributed by atoms with E-state index in [1.54, 1.807) is 30.3 Å². The maximum absolute atomic E-state index is 13.9. The Morgan fingerprint density at radius 2 is 1.86 bits per heavy atom. The Morgan fingerprint density at radius 3 is 2.57 bits per heavy atom. The fourth-order valence-corrected chi connectivity index (χ4v) is 6.86. The summed E-state index contributed by atoms with van der Waals surface area (Å²) in [5.41, 5.74) is 10.6. The van der Waals surface area contributed by atoms with Crippen molar-refractivity contribution in [1.82, 2.24) is 24.9 Å². The number of hydrazine groups is 1. The van der Waals surface area contributed by atoms with E-state index in [0.29, 0.717) is 60.1 Å². The van der Waals surface area contributed by atoms with Gasteiger partial charge in [0, 0.05) is 62.6 Å². The van der Waals surface area contributed by atoms with Gasteiger partial charge >= 0.3 is 0 Å². The van der Waals surface area contributed by atoms with Gasteiger partial charge in [0.1, 0.15) is 17.0 Å². The maximum Gasteiger partial charge on any atom is 0.273 e. The molecule has 5 heterocycles. The SMILES string of the molecule is CN(N)/N=C(\N)C(c1ccccc1)N1CC2CCC(C1)N2C(=O)c1cc(-c2nc3cc(N4CCCC4=O)ccc3o2)ccn1. The van der Waals surface area contributed by atoms with Crippen molar-refractivity contribution < 1.29 is 14.0 Å². The van der Waals surface area contributed by atoms with Gasteiger partial charge in [-0.25, -0.2) is 15.9 Å². The Hall–Kier alpha value is -4.81. The van der Waals surface area contributed by atoms with Crippen LogP contribution in [-0.2, 0) is 4.79 Å². The summed E-state index contributed by atoms with van der Waals surface area (Å²) in [6.45, 7) is 2.01. The van der Waals surface area contributed by atoms with E-state index in [4.69, 9.17) is 21.0 Å². The van der Waals surface area contributed by atoms with Crippen LogP contribution in [0.3, 0.4) is 0 Å². The summed E-state index contributed by atoms with van der Waals surface area (Å²) < 4.78 is 6.06. The number of hydrogen-bond acceptors (Lipinski definition) is 9. The molecule has 7 rings (SSSR count). The molecule has 0 spiro atoms. The van der Waals surface area contributed by atoms with Gasteiger partial charge in [-0.1, -0.05) is 30.3 Å². The molecule has 0 saturated carbocycles. The molecule has 12 nitrogen and oxygen atoms in total. The molecule has 0 aliphatic carbocycles. The van der Waals surface area contributed by atoms with Crippen LogP contribution >= 0.6 is 0 Å². The monoisotopic (exact) mass is 593 g/mol. The molecular formula is C32H35N9O3. The molecular weight excluding hydrogens is 558 g/mol. The van der Waals surface area contributed by atoms with Gasteiger partial charge in [0.15, 0.2) is 5.58 Å². The van der Waals surface area contributed by atoms with Gasteiger partial charge in [0.25, 0.3) is 5.91 Å². The van der Waals surface area contributed by atoms with Crippen LogP contribution in [0.4, 0.5) is 5.69 Å². The van der Waals surface area contributed by atoms with Gasteiger partial charge in [0.05, 0.1) is 6.04 Å². The number of amides is 2. The fraction of sp³-hybridized carbons (Fsp3) is 0.344. The maximum atomic E-state index is 13.9. The molecule has 12 heteroatoms. The van der Waals surface area contributed by atoms with Crippen LogP contribution in [0.1, 0.15) is 47.8 Å². The molecule has 2 aromatic carbocycles. The number of hydrazone groups is 1. The summed E-state index contributed by atoms with van der Waals surface area (Å²) in [5, 5.41) is 5.55. The van der Waals surface area contributed by atoms with Gasteiger partial charge in [-0.3, -0.25) is 19.5 Å². The third kappa shape index (κ3) is 5.16. The first-order valence-electron chi connectivity index (χ1n) is 15.0. The molecule has 2 aromatic heterocycles. The van der Waals surface area contributed by atoms with E-state index in [1.807, 2.05) is 53.4 Å². The highest BCUT2D eigenvalue weighted by Crippen LogP contribution is 2.36. The highest BCUT2D eigenvalue weighted by atomic mass is 16.3. The summed E-state index contributed by atoms with van der Waals surface area (Å²) in [6, 6.07) is 18.9. The molecule has 3 fully saturated rings. The smallest absolute Gasteiger partial charge is 0.273 e. The van der Waals surface area contributed by atoms with Crippen molar-refractivity contribution in [2.24, 2.45) is 16.7 Å². The Kier molecular flexibility index (Phi) is 7.23. The standard InChI is InChI=1S/C32H35N9O3/c1-38(34)37-30(33)29(20-6-3-2-4-7-20)39-18-23-9-10-24(19-39)41(23)32(43)26-16-21(13-14-35-26)31-36-25-17-22(11-12-27(25)44-31)40-15-5-8-28(40)42/h2-4,6-7,11-14,16-17,23-24,29H,5,8-10,15,18-19,34H2,1H3,(H2,33,37). The number of carbonyl (C=O) groups is 2. The van der Waals surface area contributed by atoms with Crippen molar-refractivity contribution in [3.63, 3.8) is 0 Å². The second-order valence-electron chi connectivity index (χ2n) is 11.7. The number of hydrogen-bond donors (Lipinski definition) is 2. The number of anilines is 1. The molecule has 3 aliphatic heterocycles. The topological polar surface area (TPSA) is 150 Å². The van der Waals surface area contributed by atoms with Gasteiger partial charge in [0.2, 0.25) is 11.8 Å². The van der Waals surface area contributed by atoms with Crippen molar-refractivity contribution in [2.45, 2.75) is 43.8 Å². The third-order valence-corrected chi connectivity index (χ3v) is 8.76. The lowest BCUT2D eigenvalue weighted by Crippen LogP contribution is -2.58. The Labute approximate surface area is 254 Å². The summed E-state index contributed by atoms with van der Waals surface area (Å²) in [4.78, 5) is 41.4. The number of fused-ring (bicyclic) bond motifs is 3. The predicted molar refractivity (Wildman–Crippen MR) is 166 cm³/mol. The second kappa shape index (κ2) is 11.4. The normalized spacial score (nSPS) is 21.3. The van der Waals surface area contributed by atoms with E-state index in [1.165, 1.54) is 5.12 Å². The Morgan fingerprint density at radius 1 is 1.09 bits per heavy atom. The number of likely N-dealkylation sites (tertiary alicyclic amines) is 1. The first kappa shape index (κ1) is 28.0. The lowest BCUT2D eigenvalue weighted by Gasteiger charge is -2.44. The number of nitrogens with zero attached hydrogens (tertiary/aromatic N) is 7. The van der Waals surface area contributed by atoms with E-state index < -0.39 is 0 Å². The van der Waals surface area contributed by atoms with Crippen LogP contribution in [0.15, 0.2) is 76.4 Å². The molecule has 4 N–H and O–H groups in total. The van der Waals surface area contributed by atoms with Crippen LogP contribution in [-0.4, -0.2) is 81.3 Å². The summed E-state index contributed by atoms with van der Waals surface area (Å²) >= 11 is 0. The van der Waals surface area contributed by atoms with Gasteiger partial charge in [-0.2, -0.15) is 0 Å². The average molecular weight is 594 g/mol. The van der Waals surface area contributed by atoms with Crippen molar-refractivity contribution in [3.05, 3.63) is 78.1 Å². The number of piperazine rings is 1. The number of carbonyl (C=O) groups excluding carboxylic acids is 2. The average Bonchev–Trinajstić information content (AvgIpc) is 3.72. The largest absolute Gasteiger partial charge is 0.436 e. The van der Waals surface area contributed by atoms with E-state index in [9.17, 15) is 9.59 Å². The number of oxazole rings is 1. The third-order valence-electron chi connectivity index (χ3n) is 8.76. The summed E-state index contributed by atoms with van der Waals surface area (Å²) in [7, 11) is 1.64. The van der Waals surface area contributed by atoms with E-state index in [0.717, 1.165) is 30.5 Å². The Balaban J connectivity index is 1.12. The van der Waals surface area contributed by atoms with Crippen molar-refractivity contribution in [2.75, 3.05) is 31.6 Å². The number of rotatable bonds is 7. The number of aromatic nitrogens is 2. The van der Waals surface area contributed by atoms with E-state index in [-0.39, 0.29) is 29.9 Å². The molecule has 2 bridgehead atoms. The molecule has 3 aliphatic rings. The Bertz CT molecular complexity index is 1720. The van der Waals surface area contributed by atoms with Crippen molar-refractivity contribution in [1.29, 1.82) is 0 Å². The van der Waals surface area contributed by atoms with Crippen LogP contribution in [0, 0.1) is 0 Å². The zero-order chi connectivity index (χ0) is 30.4. The molecule has 3 atom stereocenters. The van der Waals surface area contributed by atoms with Crippen LogP contribution in [0.5, 0.6) is 0 Å². The van der Waals surface area contributed by atoms with E-state index >= 15 is 0 Å². The number of pyridine rings is 1.